The Labute approximate surface area is 103 Å². The molecule has 0 aliphatic rings. The number of aromatic nitrogens is 2. The number of fused-ring (bicyclic) bond motifs is 1. The van der Waals surface area contributed by atoms with E-state index in [1.54, 1.807) is 24.5 Å². The van der Waals surface area contributed by atoms with Crippen LogP contribution in [0.1, 0.15) is 0 Å². The van der Waals surface area contributed by atoms with Gasteiger partial charge in [-0.15, -0.1) is 0 Å². The van der Waals surface area contributed by atoms with Crippen LogP contribution in [0.3, 0.4) is 0 Å². The molecule has 0 amide bonds. The first-order valence-corrected chi connectivity index (χ1v) is 5.54. The summed E-state index contributed by atoms with van der Waals surface area (Å²) >= 11 is 5.85. The van der Waals surface area contributed by atoms with E-state index in [4.69, 9.17) is 11.6 Å². The Morgan fingerprint density at radius 2 is 1.88 bits per heavy atom. The molecule has 2 aromatic heterocycles. The van der Waals surface area contributed by atoms with Crippen LogP contribution in [0.2, 0.25) is 5.02 Å². The van der Waals surface area contributed by atoms with Gasteiger partial charge in [0.1, 0.15) is 11.6 Å². The van der Waals surface area contributed by atoms with E-state index >= 15 is 0 Å². The summed E-state index contributed by atoms with van der Waals surface area (Å²) in [6, 6.07) is 10.8. The van der Waals surface area contributed by atoms with Gasteiger partial charge in [0.25, 0.3) is 0 Å². The SMILES string of the molecule is Oc1ccn2c(-c3ccc(Cl)cc3)ncc2c1. The molecule has 3 aromatic rings. The summed E-state index contributed by atoms with van der Waals surface area (Å²) < 4.78 is 1.92. The van der Waals surface area contributed by atoms with Gasteiger partial charge in [-0.1, -0.05) is 11.6 Å². The second kappa shape index (κ2) is 3.79. The molecule has 0 radical (unpaired) electrons. The molecule has 0 saturated carbocycles. The van der Waals surface area contributed by atoms with Crippen molar-refractivity contribution >= 4 is 17.1 Å². The van der Waals surface area contributed by atoms with Crippen LogP contribution in [0, 0.1) is 0 Å². The lowest BCUT2D eigenvalue weighted by Gasteiger charge is -2.01. The normalized spacial score (nSPS) is 10.9. The van der Waals surface area contributed by atoms with Crippen LogP contribution in [0.15, 0.2) is 48.8 Å². The number of nitrogens with zero attached hydrogens (tertiary/aromatic N) is 2. The Morgan fingerprint density at radius 3 is 2.65 bits per heavy atom. The Morgan fingerprint density at radius 1 is 1.12 bits per heavy atom. The van der Waals surface area contributed by atoms with Crippen molar-refractivity contribution in [2.45, 2.75) is 0 Å². The predicted molar refractivity (Wildman–Crippen MR) is 67.3 cm³/mol. The van der Waals surface area contributed by atoms with Crippen molar-refractivity contribution in [1.82, 2.24) is 9.38 Å². The first-order chi connectivity index (χ1) is 8.24. The lowest BCUT2D eigenvalue weighted by atomic mass is 10.2. The van der Waals surface area contributed by atoms with Crippen LogP contribution in [0.4, 0.5) is 0 Å². The van der Waals surface area contributed by atoms with Gasteiger partial charge in [-0.3, -0.25) is 4.40 Å². The van der Waals surface area contributed by atoms with Crippen molar-refractivity contribution < 1.29 is 5.11 Å². The van der Waals surface area contributed by atoms with Gasteiger partial charge < -0.3 is 5.11 Å². The number of rotatable bonds is 1. The van der Waals surface area contributed by atoms with E-state index in [-0.39, 0.29) is 5.75 Å². The molecule has 0 unspecified atom stereocenters. The van der Waals surface area contributed by atoms with Crippen molar-refractivity contribution in [2.75, 3.05) is 0 Å². The number of benzene rings is 1. The summed E-state index contributed by atoms with van der Waals surface area (Å²) in [4.78, 5) is 4.35. The molecule has 84 valence electrons. The Kier molecular flexibility index (Phi) is 2.27. The molecular weight excluding hydrogens is 236 g/mol. The first kappa shape index (κ1) is 10.2. The second-order valence-corrected chi connectivity index (χ2v) is 4.20. The lowest BCUT2D eigenvalue weighted by molar-refractivity contribution is 0.475. The zero-order valence-corrected chi connectivity index (χ0v) is 9.59. The molecular formula is C13H9ClN2O. The van der Waals surface area contributed by atoms with Gasteiger partial charge in [0.15, 0.2) is 0 Å². The third kappa shape index (κ3) is 1.74. The number of pyridine rings is 1. The summed E-state index contributed by atoms with van der Waals surface area (Å²) in [7, 11) is 0. The van der Waals surface area contributed by atoms with E-state index < -0.39 is 0 Å². The highest BCUT2D eigenvalue weighted by Crippen LogP contribution is 2.23. The van der Waals surface area contributed by atoms with Crippen molar-refractivity contribution in [3.63, 3.8) is 0 Å². The van der Waals surface area contributed by atoms with E-state index in [9.17, 15) is 5.11 Å². The van der Waals surface area contributed by atoms with Gasteiger partial charge in [0.05, 0.1) is 11.7 Å². The maximum absolute atomic E-state index is 9.39. The van der Waals surface area contributed by atoms with E-state index in [0.29, 0.717) is 5.02 Å². The lowest BCUT2D eigenvalue weighted by Crippen LogP contribution is -1.88. The zero-order chi connectivity index (χ0) is 11.8. The summed E-state index contributed by atoms with van der Waals surface area (Å²) in [5, 5.41) is 10.1. The van der Waals surface area contributed by atoms with Crippen molar-refractivity contribution in [1.29, 1.82) is 0 Å². The summed E-state index contributed by atoms with van der Waals surface area (Å²) in [5.41, 5.74) is 1.84. The second-order valence-electron chi connectivity index (χ2n) is 3.77. The molecule has 17 heavy (non-hydrogen) atoms. The van der Waals surface area contributed by atoms with Crippen LogP contribution in [0.5, 0.6) is 5.75 Å². The average molecular weight is 245 g/mol. The minimum Gasteiger partial charge on any atom is -0.508 e. The number of hydrogen-bond donors (Lipinski definition) is 1. The van der Waals surface area contributed by atoms with Crippen LogP contribution in [0.25, 0.3) is 16.9 Å². The number of aromatic hydroxyl groups is 1. The smallest absolute Gasteiger partial charge is 0.144 e. The molecule has 0 aliphatic carbocycles. The monoisotopic (exact) mass is 244 g/mol. The molecule has 1 N–H and O–H groups in total. The van der Waals surface area contributed by atoms with E-state index in [0.717, 1.165) is 16.9 Å². The zero-order valence-electron chi connectivity index (χ0n) is 8.84. The van der Waals surface area contributed by atoms with Gasteiger partial charge in [0.2, 0.25) is 0 Å². The minimum absolute atomic E-state index is 0.236. The van der Waals surface area contributed by atoms with E-state index in [1.165, 1.54) is 0 Å². The molecule has 0 saturated heterocycles. The molecule has 2 heterocycles. The van der Waals surface area contributed by atoms with Crippen LogP contribution >= 0.6 is 11.6 Å². The van der Waals surface area contributed by atoms with Gasteiger partial charge in [0, 0.05) is 22.8 Å². The summed E-state index contributed by atoms with van der Waals surface area (Å²) in [6.45, 7) is 0. The molecule has 3 rings (SSSR count). The third-order valence-electron chi connectivity index (χ3n) is 2.62. The maximum Gasteiger partial charge on any atom is 0.144 e. The van der Waals surface area contributed by atoms with Gasteiger partial charge in [-0.05, 0) is 30.3 Å². The van der Waals surface area contributed by atoms with Crippen molar-refractivity contribution in [3.8, 4) is 17.1 Å². The highest BCUT2D eigenvalue weighted by Gasteiger charge is 2.06. The Hall–Kier alpha value is -2.00. The molecule has 0 fully saturated rings. The Bertz CT molecular complexity index is 673. The van der Waals surface area contributed by atoms with Gasteiger partial charge >= 0.3 is 0 Å². The molecule has 1 aromatic carbocycles. The largest absolute Gasteiger partial charge is 0.508 e. The maximum atomic E-state index is 9.39. The van der Waals surface area contributed by atoms with Gasteiger partial charge in [-0.2, -0.15) is 0 Å². The van der Waals surface area contributed by atoms with Crippen molar-refractivity contribution in [2.24, 2.45) is 0 Å². The van der Waals surface area contributed by atoms with Crippen molar-refractivity contribution in [3.05, 3.63) is 53.8 Å². The number of halogens is 1. The van der Waals surface area contributed by atoms with Crippen LogP contribution < -0.4 is 0 Å². The third-order valence-corrected chi connectivity index (χ3v) is 2.87. The average Bonchev–Trinajstić information content (AvgIpc) is 2.73. The minimum atomic E-state index is 0.236. The predicted octanol–water partition coefficient (Wildman–Crippen LogP) is 3.36. The highest BCUT2D eigenvalue weighted by molar-refractivity contribution is 6.30. The summed E-state index contributed by atoms with van der Waals surface area (Å²) in [5.74, 6) is 1.07. The molecule has 0 aliphatic heterocycles. The van der Waals surface area contributed by atoms with Crippen LogP contribution in [-0.4, -0.2) is 14.5 Å². The molecule has 0 atom stereocenters. The van der Waals surface area contributed by atoms with E-state index in [2.05, 4.69) is 4.98 Å². The number of hydrogen-bond acceptors (Lipinski definition) is 2. The first-order valence-electron chi connectivity index (χ1n) is 5.16. The highest BCUT2D eigenvalue weighted by atomic mass is 35.5. The number of imidazole rings is 1. The molecule has 4 heteroatoms. The Balaban J connectivity index is 2.21. The fraction of sp³-hybridized carbons (Fsp3) is 0. The van der Waals surface area contributed by atoms with E-state index in [1.807, 2.05) is 28.7 Å². The quantitative estimate of drug-likeness (QED) is 0.713. The molecule has 0 bridgehead atoms. The van der Waals surface area contributed by atoms with Gasteiger partial charge in [-0.25, -0.2) is 4.98 Å². The molecule has 3 nitrogen and oxygen atoms in total. The fourth-order valence-corrected chi connectivity index (χ4v) is 1.93. The topological polar surface area (TPSA) is 37.5 Å². The van der Waals surface area contributed by atoms with Crippen LogP contribution in [-0.2, 0) is 0 Å². The summed E-state index contributed by atoms with van der Waals surface area (Å²) in [6.07, 6.45) is 3.52. The fourth-order valence-electron chi connectivity index (χ4n) is 1.80. The standard InChI is InChI=1S/C13H9ClN2O/c14-10-3-1-9(2-4-10)13-15-8-11-7-12(17)5-6-16(11)13/h1-8,17H. The molecule has 0 spiro atoms.